The van der Waals surface area contributed by atoms with Crippen LogP contribution in [0.2, 0.25) is 0 Å². The largest absolute Gasteiger partial charge is 0.546 e. The van der Waals surface area contributed by atoms with Crippen molar-refractivity contribution in [3.05, 3.63) is 65.2 Å². The van der Waals surface area contributed by atoms with Crippen LogP contribution in [0.4, 0.5) is 10.5 Å². The number of anilines is 1. The number of nitrogens with one attached hydrogen (secondary N) is 1. The van der Waals surface area contributed by atoms with Crippen molar-refractivity contribution in [2.45, 2.75) is 6.92 Å². The number of amides is 4. The average Bonchev–Trinajstić information content (AvgIpc) is 2.65. The highest BCUT2D eigenvalue weighted by molar-refractivity contribution is 6.39. The lowest BCUT2D eigenvalue weighted by atomic mass is 10.1. The van der Waals surface area contributed by atoms with E-state index in [1.807, 2.05) is 6.92 Å². The average molecular weight is 379 g/mol. The molecule has 8 heteroatoms. The van der Waals surface area contributed by atoms with Gasteiger partial charge in [-0.05, 0) is 42.8 Å². The van der Waals surface area contributed by atoms with Crippen molar-refractivity contribution in [2.24, 2.45) is 0 Å². The van der Waals surface area contributed by atoms with Gasteiger partial charge in [-0.15, -0.1) is 0 Å². The van der Waals surface area contributed by atoms with Crippen LogP contribution >= 0.6 is 0 Å². The molecule has 0 aliphatic carbocycles. The van der Waals surface area contributed by atoms with Gasteiger partial charge in [0.15, 0.2) is 0 Å². The van der Waals surface area contributed by atoms with E-state index in [0.29, 0.717) is 11.3 Å². The van der Waals surface area contributed by atoms with Crippen molar-refractivity contribution in [3.63, 3.8) is 0 Å². The minimum absolute atomic E-state index is 0.230. The van der Waals surface area contributed by atoms with Crippen LogP contribution in [0.3, 0.4) is 0 Å². The van der Waals surface area contributed by atoms with Gasteiger partial charge in [-0.25, -0.2) is 9.69 Å². The highest BCUT2D eigenvalue weighted by Crippen LogP contribution is 2.23. The van der Waals surface area contributed by atoms with E-state index >= 15 is 0 Å². The monoisotopic (exact) mass is 379 g/mol. The number of rotatable bonds is 5. The second kappa shape index (κ2) is 7.75. The summed E-state index contributed by atoms with van der Waals surface area (Å²) >= 11 is 0. The van der Waals surface area contributed by atoms with E-state index in [1.165, 1.54) is 18.2 Å². The second-order valence-electron chi connectivity index (χ2n) is 6.03. The van der Waals surface area contributed by atoms with Crippen molar-refractivity contribution >= 4 is 35.6 Å². The number of aryl methyl sites for hydroxylation is 1. The first kappa shape index (κ1) is 18.8. The van der Waals surface area contributed by atoms with E-state index in [2.05, 4.69) is 5.32 Å². The molecule has 1 heterocycles. The predicted molar refractivity (Wildman–Crippen MR) is 97.1 cm³/mol. The SMILES string of the molecule is Cc1ccc(N2C(=O)NC(=O)/C(=C/c3cccc(OCC(=O)[O-])c3)C2=O)cc1. The quantitative estimate of drug-likeness (QED) is 0.607. The Labute approximate surface area is 160 Å². The normalized spacial score (nSPS) is 15.5. The maximum absolute atomic E-state index is 12.8. The van der Waals surface area contributed by atoms with Crippen LogP contribution in [0, 0.1) is 6.92 Å². The standard InChI is InChI=1S/C20H16N2O6/c1-12-5-7-14(8-6-12)22-19(26)16(18(25)21-20(22)27)10-13-3-2-4-15(9-13)28-11-17(23)24/h2-10H,11H2,1H3,(H,23,24)(H,21,25,27)/p-1/b16-10-. The maximum atomic E-state index is 12.8. The van der Waals surface area contributed by atoms with Crippen LogP contribution in [-0.2, 0) is 14.4 Å². The molecular formula is C20H15N2O6-. The number of urea groups is 1. The van der Waals surface area contributed by atoms with Crippen molar-refractivity contribution in [3.8, 4) is 5.75 Å². The predicted octanol–water partition coefficient (Wildman–Crippen LogP) is 0.790. The van der Waals surface area contributed by atoms with Gasteiger partial charge in [-0.1, -0.05) is 29.8 Å². The van der Waals surface area contributed by atoms with Gasteiger partial charge in [0.1, 0.15) is 17.9 Å². The zero-order valence-electron chi connectivity index (χ0n) is 14.8. The zero-order valence-corrected chi connectivity index (χ0v) is 14.8. The number of aliphatic carboxylic acids is 1. The number of benzene rings is 2. The minimum atomic E-state index is -1.38. The number of carboxylic acid groups (broad SMARTS) is 1. The molecule has 1 N–H and O–H groups in total. The molecular weight excluding hydrogens is 364 g/mol. The summed E-state index contributed by atoms with van der Waals surface area (Å²) in [5.41, 5.74) is 1.47. The van der Waals surface area contributed by atoms with Crippen LogP contribution < -0.4 is 20.1 Å². The molecule has 0 aromatic heterocycles. The summed E-state index contributed by atoms with van der Waals surface area (Å²) in [4.78, 5) is 48.5. The summed E-state index contributed by atoms with van der Waals surface area (Å²) < 4.78 is 5.03. The van der Waals surface area contributed by atoms with Crippen molar-refractivity contribution in [1.82, 2.24) is 5.32 Å². The summed E-state index contributed by atoms with van der Waals surface area (Å²) in [6.45, 7) is 1.24. The Kier molecular flexibility index (Phi) is 5.21. The Bertz CT molecular complexity index is 994. The Morgan fingerprint density at radius 2 is 1.86 bits per heavy atom. The molecule has 2 aromatic carbocycles. The number of ether oxygens (including phenoxy) is 1. The number of carbonyl (C=O) groups is 4. The lowest BCUT2D eigenvalue weighted by Gasteiger charge is -2.26. The number of hydrogen-bond donors (Lipinski definition) is 1. The summed E-state index contributed by atoms with van der Waals surface area (Å²) in [5.74, 6) is -2.73. The lowest BCUT2D eigenvalue weighted by molar-refractivity contribution is -0.307. The lowest BCUT2D eigenvalue weighted by Crippen LogP contribution is -2.54. The van der Waals surface area contributed by atoms with Gasteiger partial charge in [0.25, 0.3) is 11.8 Å². The molecule has 1 saturated heterocycles. The fourth-order valence-corrected chi connectivity index (χ4v) is 2.59. The van der Waals surface area contributed by atoms with Gasteiger partial charge in [-0.3, -0.25) is 14.9 Å². The van der Waals surface area contributed by atoms with Gasteiger partial charge in [0.05, 0.1) is 11.7 Å². The third-order valence-electron chi connectivity index (χ3n) is 3.92. The number of barbiturate groups is 1. The molecule has 2 aromatic rings. The van der Waals surface area contributed by atoms with Gasteiger partial charge in [0.2, 0.25) is 0 Å². The van der Waals surface area contributed by atoms with E-state index in [1.54, 1.807) is 36.4 Å². The molecule has 0 saturated carbocycles. The molecule has 1 fully saturated rings. The molecule has 0 spiro atoms. The van der Waals surface area contributed by atoms with Crippen molar-refractivity contribution in [1.29, 1.82) is 0 Å². The molecule has 0 atom stereocenters. The Morgan fingerprint density at radius 1 is 1.14 bits per heavy atom. The second-order valence-corrected chi connectivity index (χ2v) is 6.03. The minimum Gasteiger partial charge on any atom is -0.546 e. The molecule has 1 aliphatic heterocycles. The Hall–Kier alpha value is -3.94. The van der Waals surface area contributed by atoms with E-state index in [9.17, 15) is 24.3 Å². The number of carboxylic acids is 1. The van der Waals surface area contributed by atoms with Gasteiger partial charge >= 0.3 is 6.03 Å². The summed E-state index contributed by atoms with van der Waals surface area (Å²) in [6.07, 6.45) is 1.30. The first-order valence-corrected chi connectivity index (χ1v) is 8.26. The van der Waals surface area contributed by atoms with Crippen LogP contribution in [0.25, 0.3) is 6.08 Å². The fourth-order valence-electron chi connectivity index (χ4n) is 2.59. The molecule has 0 unspecified atom stereocenters. The molecule has 142 valence electrons. The molecule has 0 radical (unpaired) electrons. The molecule has 0 bridgehead atoms. The van der Waals surface area contributed by atoms with E-state index < -0.39 is 30.4 Å². The van der Waals surface area contributed by atoms with E-state index in [-0.39, 0.29) is 11.3 Å². The van der Waals surface area contributed by atoms with Crippen LogP contribution in [0.1, 0.15) is 11.1 Å². The summed E-state index contributed by atoms with van der Waals surface area (Å²) in [5, 5.41) is 12.6. The van der Waals surface area contributed by atoms with Crippen LogP contribution in [-0.4, -0.2) is 30.4 Å². The molecule has 8 nitrogen and oxygen atoms in total. The number of carbonyl (C=O) groups excluding carboxylic acids is 4. The smallest absolute Gasteiger partial charge is 0.335 e. The number of imide groups is 2. The summed E-state index contributed by atoms with van der Waals surface area (Å²) in [6, 6.07) is 12.0. The Morgan fingerprint density at radius 3 is 2.54 bits per heavy atom. The third kappa shape index (κ3) is 4.07. The first-order valence-electron chi connectivity index (χ1n) is 8.26. The third-order valence-corrected chi connectivity index (χ3v) is 3.92. The topological polar surface area (TPSA) is 116 Å². The molecule has 4 amide bonds. The number of nitrogens with zero attached hydrogens (tertiary/aromatic N) is 1. The van der Waals surface area contributed by atoms with Gasteiger partial charge < -0.3 is 14.6 Å². The van der Waals surface area contributed by atoms with E-state index in [4.69, 9.17) is 4.74 Å². The highest BCUT2D eigenvalue weighted by Gasteiger charge is 2.36. The van der Waals surface area contributed by atoms with Crippen molar-refractivity contribution < 1.29 is 29.0 Å². The van der Waals surface area contributed by atoms with E-state index in [0.717, 1.165) is 10.5 Å². The molecule has 28 heavy (non-hydrogen) atoms. The number of hydrogen-bond acceptors (Lipinski definition) is 6. The van der Waals surface area contributed by atoms with Crippen LogP contribution in [0.5, 0.6) is 5.75 Å². The Balaban J connectivity index is 1.92. The highest BCUT2D eigenvalue weighted by atomic mass is 16.5. The molecule has 1 aliphatic rings. The fraction of sp³-hybridized carbons (Fsp3) is 0.100. The van der Waals surface area contributed by atoms with Crippen LogP contribution in [0.15, 0.2) is 54.1 Å². The van der Waals surface area contributed by atoms with Crippen molar-refractivity contribution in [2.75, 3.05) is 11.5 Å². The van der Waals surface area contributed by atoms with Gasteiger partial charge in [-0.2, -0.15) is 0 Å². The maximum Gasteiger partial charge on any atom is 0.335 e. The first-order chi connectivity index (χ1) is 13.3. The van der Waals surface area contributed by atoms with Gasteiger partial charge in [0, 0.05) is 0 Å². The molecule has 3 rings (SSSR count). The zero-order chi connectivity index (χ0) is 20.3. The summed E-state index contributed by atoms with van der Waals surface area (Å²) in [7, 11) is 0.